The summed E-state index contributed by atoms with van der Waals surface area (Å²) in [6.45, 7) is 12.3. The Labute approximate surface area is 143 Å². The van der Waals surface area contributed by atoms with Crippen molar-refractivity contribution in [1.29, 1.82) is 0 Å². The number of hydrogen-bond acceptors (Lipinski definition) is 3. The Morgan fingerprint density at radius 2 is 2.14 bits per heavy atom. The van der Waals surface area contributed by atoms with Crippen LogP contribution >= 0.6 is 24.0 Å². The molecule has 1 aromatic rings. The molecule has 6 nitrogen and oxygen atoms in total. The van der Waals surface area contributed by atoms with E-state index in [-0.39, 0.29) is 24.0 Å². The third kappa shape index (κ3) is 6.47. The zero-order valence-electron chi connectivity index (χ0n) is 13.3. The molecule has 120 valence electrons. The zero-order chi connectivity index (χ0) is 15.1. The second-order valence-corrected chi connectivity index (χ2v) is 4.88. The number of methoxy groups -OCH3 is 1. The minimum Gasteiger partial charge on any atom is -0.383 e. The van der Waals surface area contributed by atoms with Crippen molar-refractivity contribution in [3.63, 3.8) is 0 Å². The van der Waals surface area contributed by atoms with Gasteiger partial charge in [0.15, 0.2) is 5.96 Å². The number of aryl methyl sites for hydroxylation is 1. The van der Waals surface area contributed by atoms with Crippen LogP contribution in [0.2, 0.25) is 0 Å². The van der Waals surface area contributed by atoms with Crippen molar-refractivity contribution in [3.05, 3.63) is 29.1 Å². The number of nitrogens with two attached hydrogens (primary N) is 1. The number of aromatic nitrogens is 2. The average Bonchev–Trinajstić information content (AvgIpc) is 2.66. The van der Waals surface area contributed by atoms with Crippen molar-refractivity contribution in [3.8, 4) is 0 Å². The third-order valence-corrected chi connectivity index (χ3v) is 3.02. The highest BCUT2D eigenvalue weighted by Gasteiger charge is 2.10. The van der Waals surface area contributed by atoms with E-state index < -0.39 is 0 Å². The maximum absolute atomic E-state index is 5.81. The van der Waals surface area contributed by atoms with Crippen LogP contribution in [0, 0.1) is 13.8 Å². The summed E-state index contributed by atoms with van der Waals surface area (Å²) >= 11 is 0. The van der Waals surface area contributed by atoms with E-state index >= 15 is 0 Å². The van der Waals surface area contributed by atoms with Crippen LogP contribution < -0.4 is 11.1 Å². The molecular weight excluding hydrogens is 381 g/mol. The van der Waals surface area contributed by atoms with Crippen LogP contribution in [0.25, 0.3) is 0 Å². The van der Waals surface area contributed by atoms with Crippen molar-refractivity contribution < 1.29 is 4.74 Å². The Bertz CT molecular complexity index is 496. The van der Waals surface area contributed by atoms with Gasteiger partial charge in [0.1, 0.15) is 0 Å². The van der Waals surface area contributed by atoms with Crippen molar-refractivity contribution in [1.82, 2.24) is 15.1 Å². The predicted molar refractivity (Wildman–Crippen MR) is 97.1 cm³/mol. The highest BCUT2D eigenvalue weighted by Crippen LogP contribution is 2.14. The van der Waals surface area contributed by atoms with E-state index in [1.807, 2.05) is 25.5 Å². The summed E-state index contributed by atoms with van der Waals surface area (Å²) in [5, 5.41) is 7.51. The Morgan fingerprint density at radius 1 is 1.48 bits per heavy atom. The lowest BCUT2D eigenvalue weighted by Gasteiger charge is -2.06. The molecule has 7 heteroatoms. The molecule has 0 aliphatic rings. The van der Waals surface area contributed by atoms with Crippen molar-refractivity contribution in [2.75, 3.05) is 20.3 Å². The molecule has 3 N–H and O–H groups in total. The fourth-order valence-corrected chi connectivity index (χ4v) is 1.82. The molecule has 0 atom stereocenters. The number of nitrogens with one attached hydrogen (secondary N) is 1. The summed E-state index contributed by atoms with van der Waals surface area (Å²) in [5.41, 5.74) is 10.0. The van der Waals surface area contributed by atoms with Gasteiger partial charge in [-0.05, 0) is 20.8 Å². The second-order valence-electron chi connectivity index (χ2n) is 4.88. The molecular formula is C14H26IN5O. The van der Waals surface area contributed by atoms with E-state index in [9.17, 15) is 0 Å². The van der Waals surface area contributed by atoms with E-state index in [1.54, 1.807) is 7.11 Å². The molecule has 0 fully saturated rings. The topological polar surface area (TPSA) is 77.5 Å². The van der Waals surface area contributed by atoms with Gasteiger partial charge in [0.05, 0.1) is 25.4 Å². The van der Waals surface area contributed by atoms with Crippen LogP contribution in [0.4, 0.5) is 0 Å². The van der Waals surface area contributed by atoms with Gasteiger partial charge < -0.3 is 15.8 Å². The van der Waals surface area contributed by atoms with Gasteiger partial charge in [-0.3, -0.25) is 4.68 Å². The van der Waals surface area contributed by atoms with Gasteiger partial charge in [-0.1, -0.05) is 12.2 Å². The molecule has 0 unspecified atom stereocenters. The highest BCUT2D eigenvalue weighted by atomic mass is 127. The lowest BCUT2D eigenvalue weighted by molar-refractivity contribution is 0.182. The Hall–Kier alpha value is -1.09. The van der Waals surface area contributed by atoms with Crippen LogP contribution in [0.5, 0.6) is 0 Å². The van der Waals surface area contributed by atoms with E-state index in [2.05, 4.69) is 22.0 Å². The minimum absolute atomic E-state index is 0. The Morgan fingerprint density at radius 3 is 2.71 bits per heavy atom. The monoisotopic (exact) mass is 407 g/mol. The lowest BCUT2D eigenvalue weighted by Crippen LogP contribution is -2.32. The smallest absolute Gasteiger partial charge is 0.189 e. The van der Waals surface area contributed by atoms with E-state index in [4.69, 9.17) is 10.5 Å². The molecule has 0 aliphatic heterocycles. The van der Waals surface area contributed by atoms with E-state index in [1.165, 1.54) is 0 Å². The number of hydrogen-bond donors (Lipinski definition) is 2. The fourth-order valence-electron chi connectivity index (χ4n) is 1.82. The number of aliphatic imine (C=N–C) groups is 1. The fraction of sp³-hybridized carbons (Fsp3) is 0.571. The zero-order valence-corrected chi connectivity index (χ0v) is 15.6. The van der Waals surface area contributed by atoms with Gasteiger partial charge in [0, 0.05) is 24.9 Å². The molecule has 0 amide bonds. The molecule has 0 saturated heterocycles. The normalized spacial score (nSPS) is 11.1. The van der Waals surface area contributed by atoms with Crippen LogP contribution in [0.1, 0.15) is 23.9 Å². The molecule has 0 aromatic carbocycles. The third-order valence-electron chi connectivity index (χ3n) is 3.02. The summed E-state index contributed by atoms with van der Waals surface area (Å²) in [6.07, 6.45) is 0. The summed E-state index contributed by atoms with van der Waals surface area (Å²) in [4.78, 5) is 4.34. The van der Waals surface area contributed by atoms with Gasteiger partial charge in [-0.25, -0.2) is 4.99 Å². The van der Waals surface area contributed by atoms with Gasteiger partial charge in [0.2, 0.25) is 0 Å². The molecule has 21 heavy (non-hydrogen) atoms. The first-order valence-electron chi connectivity index (χ1n) is 6.65. The first kappa shape index (κ1) is 19.9. The Balaban J connectivity index is 0.00000400. The predicted octanol–water partition coefficient (Wildman–Crippen LogP) is 1.74. The number of nitrogens with zero attached hydrogens (tertiary/aromatic N) is 3. The summed E-state index contributed by atoms with van der Waals surface area (Å²) in [5.74, 6) is 0.427. The van der Waals surface area contributed by atoms with Gasteiger partial charge in [-0.2, -0.15) is 5.10 Å². The molecule has 0 radical (unpaired) electrons. The van der Waals surface area contributed by atoms with E-state index in [0.29, 0.717) is 25.7 Å². The molecule has 1 heterocycles. The lowest BCUT2D eigenvalue weighted by atomic mass is 10.2. The largest absolute Gasteiger partial charge is 0.383 e. The standard InChI is InChI=1S/C14H25N5O.HI/c1-10(2)8-16-14(15)17-9-13-11(3)18-19(12(13)4)6-7-20-5;/h1,6-9H2,2-5H3,(H3,15,16,17);1H. The summed E-state index contributed by atoms with van der Waals surface area (Å²) in [7, 11) is 1.69. The van der Waals surface area contributed by atoms with Crippen molar-refractivity contribution in [2.24, 2.45) is 10.7 Å². The van der Waals surface area contributed by atoms with Crippen molar-refractivity contribution in [2.45, 2.75) is 33.9 Å². The summed E-state index contributed by atoms with van der Waals surface area (Å²) < 4.78 is 7.02. The van der Waals surface area contributed by atoms with Crippen LogP contribution in [0.3, 0.4) is 0 Å². The van der Waals surface area contributed by atoms with Crippen LogP contribution in [0.15, 0.2) is 17.1 Å². The Kier molecular flexibility index (Phi) is 9.27. The summed E-state index contributed by atoms with van der Waals surface area (Å²) in [6, 6.07) is 0. The van der Waals surface area contributed by atoms with Gasteiger partial charge in [-0.15, -0.1) is 24.0 Å². The maximum atomic E-state index is 5.81. The first-order chi connectivity index (χ1) is 9.45. The quantitative estimate of drug-likeness (QED) is 0.313. The molecule has 0 saturated carbocycles. The average molecular weight is 407 g/mol. The number of halogens is 1. The molecule has 0 spiro atoms. The van der Waals surface area contributed by atoms with Crippen LogP contribution in [-0.4, -0.2) is 36.0 Å². The van der Waals surface area contributed by atoms with Crippen molar-refractivity contribution >= 4 is 29.9 Å². The number of ether oxygens (including phenoxy) is 1. The minimum atomic E-state index is 0. The molecule has 0 aliphatic carbocycles. The maximum Gasteiger partial charge on any atom is 0.189 e. The highest BCUT2D eigenvalue weighted by molar-refractivity contribution is 14.0. The number of guanidine groups is 1. The van der Waals surface area contributed by atoms with Crippen LogP contribution in [-0.2, 0) is 17.8 Å². The first-order valence-corrected chi connectivity index (χ1v) is 6.65. The SMILES string of the molecule is C=C(C)CNC(N)=NCc1c(C)nn(CCOC)c1C.I. The number of rotatable bonds is 7. The second kappa shape index (κ2) is 9.78. The van der Waals surface area contributed by atoms with Gasteiger partial charge >= 0.3 is 0 Å². The molecule has 1 rings (SSSR count). The molecule has 0 bridgehead atoms. The van der Waals surface area contributed by atoms with E-state index in [0.717, 1.165) is 29.1 Å². The van der Waals surface area contributed by atoms with Gasteiger partial charge in [0.25, 0.3) is 0 Å². The molecule has 1 aromatic heterocycles.